The maximum atomic E-state index is 2.42. The summed E-state index contributed by atoms with van der Waals surface area (Å²) in [7, 11) is -0.929. The smallest absolute Gasteiger partial charge is 0.0115 e. The molecule has 30 heavy (non-hydrogen) atoms. The fourth-order valence-corrected chi connectivity index (χ4v) is 11.5. The van der Waals surface area contributed by atoms with E-state index in [0.717, 1.165) is 0 Å². The Labute approximate surface area is 186 Å². The van der Waals surface area contributed by atoms with Crippen molar-refractivity contribution in [2.24, 2.45) is 0 Å². The quantitative estimate of drug-likeness (QED) is 0.398. The summed E-state index contributed by atoms with van der Waals surface area (Å²) in [5.74, 6) is 0. The zero-order valence-electron chi connectivity index (χ0n) is 19.8. The van der Waals surface area contributed by atoms with Crippen LogP contribution in [-0.2, 0) is 0 Å². The van der Waals surface area contributed by atoms with Crippen molar-refractivity contribution >= 4 is 37.1 Å². The zero-order valence-corrected chi connectivity index (χ0v) is 21.6. The van der Waals surface area contributed by atoms with E-state index >= 15 is 0 Å². The molecule has 0 fully saturated rings. The highest BCUT2D eigenvalue weighted by Gasteiger charge is 2.38. The Hall–Kier alpha value is -1.48. The van der Waals surface area contributed by atoms with Crippen LogP contribution < -0.4 is 21.2 Å². The number of aryl methyl sites for hydroxylation is 1. The van der Waals surface area contributed by atoms with Crippen LogP contribution in [0.2, 0.25) is 0 Å². The lowest BCUT2D eigenvalue weighted by Crippen LogP contribution is -2.36. The predicted molar refractivity (Wildman–Crippen MR) is 141 cm³/mol. The van der Waals surface area contributed by atoms with Crippen LogP contribution in [0.4, 0.5) is 0 Å². The second kappa shape index (κ2) is 8.94. The zero-order chi connectivity index (χ0) is 22.1. The highest BCUT2D eigenvalue weighted by molar-refractivity contribution is 7.80. The first kappa shape index (κ1) is 23.2. The Kier molecular flexibility index (Phi) is 6.91. The molecule has 0 N–H and O–H groups in total. The van der Waals surface area contributed by atoms with Crippen LogP contribution >= 0.6 is 15.8 Å². The second-order valence-corrected chi connectivity index (χ2v) is 16.0. The van der Waals surface area contributed by atoms with Gasteiger partial charge < -0.3 is 0 Å². The van der Waals surface area contributed by atoms with Crippen molar-refractivity contribution in [2.45, 2.75) is 65.7 Å². The predicted octanol–water partition coefficient (Wildman–Crippen LogP) is 6.77. The molecule has 0 nitrogen and oxygen atoms in total. The molecule has 0 radical (unpaired) electrons. The number of hydrogen-bond donors (Lipinski definition) is 0. The molecule has 0 saturated carbocycles. The summed E-state index contributed by atoms with van der Waals surface area (Å²) in [5, 5.41) is 6.47. The monoisotopic (exact) mass is 434 g/mol. The van der Waals surface area contributed by atoms with Crippen molar-refractivity contribution in [3.8, 4) is 0 Å². The van der Waals surface area contributed by atoms with E-state index in [1.165, 1.54) is 27.0 Å². The molecule has 0 atom stereocenters. The van der Waals surface area contributed by atoms with Crippen molar-refractivity contribution in [2.75, 3.05) is 0 Å². The number of hydrogen-bond acceptors (Lipinski definition) is 0. The van der Waals surface area contributed by atoms with Crippen molar-refractivity contribution in [1.82, 2.24) is 0 Å². The molecule has 0 aliphatic rings. The van der Waals surface area contributed by atoms with Gasteiger partial charge in [-0.05, 0) is 64.4 Å². The Morgan fingerprint density at radius 1 is 0.567 bits per heavy atom. The molecular formula is C28H36P2. The van der Waals surface area contributed by atoms with Gasteiger partial charge in [-0.3, -0.25) is 0 Å². The van der Waals surface area contributed by atoms with Gasteiger partial charge in [-0.1, -0.05) is 122 Å². The average Bonchev–Trinajstić information content (AvgIpc) is 2.67. The molecule has 0 bridgehead atoms. The molecule has 0 aliphatic carbocycles. The summed E-state index contributed by atoms with van der Waals surface area (Å²) in [4.78, 5) is 0. The van der Waals surface area contributed by atoms with Gasteiger partial charge in [0.15, 0.2) is 0 Å². The maximum absolute atomic E-state index is 2.42. The van der Waals surface area contributed by atoms with E-state index in [1.807, 2.05) is 0 Å². The van der Waals surface area contributed by atoms with E-state index < -0.39 is 7.92 Å². The first-order valence-electron chi connectivity index (χ1n) is 10.8. The van der Waals surface area contributed by atoms with Crippen LogP contribution in [0.25, 0.3) is 0 Å². The van der Waals surface area contributed by atoms with Gasteiger partial charge >= 0.3 is 0 Å². The van der Waals surface area contributed by atoms with Crippen LogP contribution in [0.5, 0.6) is 0 Å². The molecule has 0 amide bonds. The first-order chi connectivity index (χ1) is 14.0. The van der Waals surface area contributed by atoms with E-state index in [-0.39, 0.29) is 18.2 Å². The summed E-state index contributed by atoms with van der Waals surface area (Å²) in [5.41, 5.74) is 2.95. The first-order valence-corrected chi connectivity index (χ1v) is 13.5. The van der Waals surface area contributed by atoms with Gasteiger partial charge in [-0.15, -0.1) is 0 Å². The van der Waals surface area contributed by atoms with Crippen LogP contribution in [0.1, 0.15) is 52.7 Å². The topological polar surface area (TPSA) is 0 Å². The van der Waals surface area contributed by atoms with Gasteiger partial charge in [0.05, 0.1) is 0 Å². The fourth-order valence-electron chi connectivity index (χ4n) is 4.67. The van der Waals surface area contributed by atoms with Crippen LogP contribution in [0, 0.1) is 13.8 Å². The van der Waals surface area contributed by atoms with Crippen molar-refractivity contribution in [3.05, 3.63) is 83.9 Å². The van der Waals surface area contributed by atoms with Gasteiger partial charge in [-0.2, -0.15) is 0 Å². The highest BCUT2D eigenvalue weighted by atomic mass is 31.1. The molecule has 0 unspecified atom stereocenters. The lowest BCUT2D eigenvalue weighted by atomic mass is 10.1. The minimum absolute atomic E-state index is 0.254. The van der Waals surface area contributed by atoms with Crippen molar-refractivity contribution in [1.29, 1.82) is 0 Å². The molecule has 0 aromatic heterocycles. The molecule has 0 heterocycles. The fraction of sp³-hybridized carbons (Fsp3) is 0.357. The molecule has 3 rings (SSSR count). The Balaban J connectivity index is 2.29. The second-order valence-electron chi connectivity index (χ2n) is 10.1. The maximum Gasteiger partial charge on any atom is -0.0115 e. The molecule has 2 heteroatoms. The van der Waals surface area contributed by atoms with E-state index in [9.17, 15) is 0 Å². The third kappa shape index (κ3) is 4.88. The van der Waals surface area contributed by atoms with Crippen molar-refractivity contribution in [3.63, 3.8) is 0 Å². The van der Waals surface area contributed by atoms with Crippen LogP contribution in [0.15, 0.2) is 72.8 Å². The average molecular weight is 435 g/mol. The molecule has 0 saturated heterocycles. The Morgan fingerprint density at radius 3 is 1.40 bits per heavy atom. The van der Waals surface area contributed by atoms with Gasteiger partial charge in [0.1, 0.15) is 0 Å². The summed E-state index contributed by atoms with van der Waals surface area (Å²) in [6, 6.07) is 26.9. The Morgan fingerprint density at radius 2 is 1.00 bits per heavy atom. The molecule has 3 aromatic carbocycles. The van der Waals surface area contributed by atoms with Gasteiger partial charge in [0.25, 0.3) is 0 Å². The van der Waals surface area contributed by atoms with Crippen LogP contribution in [-0.4, -0.2) is 10.3 Å². The van der Waals surface area contributed by atoms with Gasteiger partial charge in [0.2, 0.25) is 0 Å². The Bertz CT molecular complexity index is 923. The van der Waals surface area contributed by atoms with Crippen LogP contribution in [0.3, 0.4) is 0 Å². The standard InChI is InChI=1S/C28H36P2/c1-21-19-20-25(22(2)26(21)30(27(3,4)5)28(6,7)8)29(23-15-11-9-12-16-23)24-17-13-10-14-18-24/h9-20H,1-8H3. The minimum atomic E-state index is -0.582. The highest BCUT2D eigenvalue weighted by Crippen LogP contribution is 2.59. The lowest BCUT2D eigenvalue weighted by Gasteiger charge is -2.44. The third-order valence-electron chi connectivity index (χ3n) is 5.44. The normalized spacial score (nSPS) is 12.6. The lowest BCUT2D eigenvalue weighted by molar-refractivity contribution is 0.714. The van der Waals surface area contributed by atoms with E-state index in [0.29, 0.717) is 0 Å². The minimum Gasteiger partial charge on any atom is -0.0637 e. The van der Waals surface area contributed by atoms with Gasteiger partial charge in [-0.25, -0.2) is 0 Å². The van der Waals surface area contributed by atoms with Gasteiger partial charge in [0, 0.05) is 0 Å². The molecular weight excluding hydrogens is 398 g/mol. The van der Waals surface area contributed by atoms with E-state index in [4.69, 9.17) is 0 Å². The molecule has 0 spiro atoms. The summed E-state index contributed by atoms with van der Waals surface area (Å²) < 4.78 is 0. The van der Waals surface area contributed by atoms with E-state index in [2.05, 4.69) is 128 Å². The molecule has 0 aliphatic heterocycles. The molecule has 158 valence electrons. The molecule has 3 aromatic rings. The summed E-state index contributed by atoms with van der Waals surface area (Å²) >= 11 is 0. The SMILES string of the molecule is Cc1ccc(P(c2ccccc2)c2ccccc2)c(C)c1P(C(C)(C)C)C(C)(C)C. The van der Waals surface area contributed by atoms with Crippen molar-refractivity contribution < 1.29 is 0 Å². The largest absolute Gasteiger partial charge is 0.0637 e. The summed E-state index contributed by atoms with van der Waals surface area (Å²) in [6.07, 6.45) is 0. The summed E-state index contributed by atoms with van der Waals surface area (Å²) in [6.45, 7) is 19.2. The van der Waals surface area contributed by atoms with E-state index in [1.54, 1.807) is 5.30 Å². The number of benzene rings is 3. The third-order valence-corrected chi connectivity index (χ3v) is 11.9. The number of rotatable bonds is 4.